The topological polar surface area (TPSA) is 37.0 Å². The summed E-state index contributed by atoms with van der Waals surface area (Å²) in [6.45, 7) is 14.5. The van der Waals surface area contributed by atoms with E-state index >= 15 is 0 Å². The summed E-state index contributed by atoms with van der Waals surface area (Å²) in [6, 6.07) is 12.3. The molecule has 158 valence electrons. The summed E-state index contributed by atoms with van der Waals surface area (Å²) in [7, 11) is 0. The van der Waals surface area contributed by atoms with Gasteiger partial charge in [0.05, 0.1) is 5.69 Å². The van der Waals surface area contributed by atoms with E-state index in [9.17, 15) is 4.39 Å². The first kappa shape index (κ1) is 21.8. The summed E-state index contributed by atoms with van der Waals surface area (Å²) in [5.74, 6) is 0.654. The summed E-state index contributed by atoms with van der Waals surface area (Å²) in [5.41, 5.74) is 8.27. The minimum Gasteiger partial charge on any atom is -0.381 e. The first-order valence-corrected chi connectivity index (χ1v) is 10.6. The molecule has 0 atom stereocenters. The van der Waals surface area contributed by atoms with Gasteiger partial charge in [0.25, 0.3) is 0 Å². The molecule has 0 aliphatic heterocycles. The highest BCUT2D eigenvalue weighted by molar-refractivity contribution is 5.80. The lowest BCUT2D eigenvalue weighted by atomic mass is 9.87. The van der Waals surface area contributed by atoms with Crippen molar-refractivity contribution >= 4 is 11.5 Å². The largest absolute Gasteiger partial charge is 0.381 e. The second kappa shape index (κ2) is 8.86. The van der Waals surface area contributed by atoms with Crippen molar-refractivity contribution in [1.29, 1.82) is 0 Å². The maximum atomic E-state index is 14.7. The summed E-state index contributed by atoms with van der Waals surface area (Å²) >= 11 is 0. The molecule has 0 unspecified atom stereocenters. The van der Waals surface area contributed by atoms with E-state index in [1.807, 2.05) is 38.2 Å². The number of rotatable bonds is 6. The Morgan fingerprint density at radius 2 is 1.47 bits per heavy atom. The molecule has 0 bridgehead atoms. The van der Waals surface area contributed by atoms with E-state index in [1.54, 1.807) is 6.07 Å². The van der Waals surface area contributed by atoms with Crippen LogP contribution in [-0.2, 0) is 0 Å². The first-order valence-electron chi connectivity index (χ1n) is 10.6. The third kappa shape index (κ3) is 4.64. The van der Waals surface area contributed by atoms with Gasteiger partial charge in [0.2, 0.25) is 0 Å². The van der Waals surface area contributed by atoms with Crippen LogP contribution in [0.25, 0.3) is 22.3 Å². The number of pyridine rings is 1. The summed E-state index contributed by atoms with van der Waals surface area (Å²) in [5, 5.41) is 6.47. The van der Waals surface area contributed by atoms with Gasteiger partial charge >= 0.3 is 0 Å². The molecular formula is C26H32FN3. The summed E-state index contributed by atoms with van der Waals surface area (Å²) in [4.78, 5) is 4.55. The van der Waals surface area contributed by atoms with Gasteiger partial charge in [-0.3, -0.25) is 0 Å². The van der Waals surface area contributed by atoms with Gasteiger partial charge in [-0.1, -0.05) is 12.1 Å². The maximum absolute atomic E-state index is 14.7. The molecule has 0 saturated heterocycles. The number of halogens is 1. The van der Waals surface area contributed by atoms with Gasteiger partial charge in [-0.15, -0.1) is 0 Å². The Labute approximate surface area is 179 Å². The van der Waals surface area contributed by atoms with Crippen molar-refractivity contribution in [2.75, 3.05) is 10.6 Å². The van der Waals surface area contributed by atoms with Gasteiger partial charge in [0, 0.05) is 23.8 Å². The minimum absolute atomic E-state index is 0.186. The molecule has 0 aliphatic rings. The SMILES string of the molecule is Cc1cc(-c2ccc(NC(C)C)nc2)c(C)c(C)c1-c1ccc(NC(C)C)c(F)c1. The predicted molar refractivity (Wildman–Crippen MR) is 127 cm³/mol. The average molecular weight is 406 g/mol. The Morgan fingerprint density at radius 3 is 2.03 bits per heavy atom. The van der Waals surface area contributed by atoms with Crippen molar-refractivity contribution in [2.45, 2.75) is 60.5 Å². The van der Waals surface area contributed by atoms with Crippen LogP contribution in [0.4, 0.5) is 15.9 Å². The zero-order valence-electron chi connectivity index (χ0n) is 19.0. The highest BCUT2D eigenvalue weighted by atomic mass is 19.1. The molecule has 0 saturated carbocycles. The number of aryl methyl sites for hydroxylation is 1. The molecule has 3 rings (SSSR count). The standard InChI is InChI=1S/C26H32FN3/c1-15(2)29-24-10-8-20(13-23(24)27)26-17(5)12-22(18(6)19(26)7)21-9-11-25(28-14-21)30-16(3)4/h8-16,29H,1-7H3,(H,28,30). The smallest absolute Gasteiger partial charge is 0.146 e. The normalized spacial score (nSPS) is 11.3. The molecule has 0 spiro atoms. The fraction of sp³-hybridized carbons (Fsp3) is 0.346. The minimum atomic E-state index is -0.223. The Bertz CT molecular complexity index is 1040. The number of aromatic nitrogens is 1. The lowest BCUT2D eigenvalue weighted by Crippen LogP contribution is -2.11. The van der Waals surface area contributed by atoms with Gasteiger partial charge in [0.15, 0.2) is 0 Å². The van der Waals surface area contributed by atoms with Gasteiger partial charge < -0.3 is 10.6 Å². The molecule has 0 amide bonds. The van der Waals surface area contributed by atoms with Gasteiger partial charge in [-0.2, -0.15) is 0 Å². The number of anilines is 2. The van der Waals surface area contributed by atoms with Crippen molar-refractivity contribution in [3.8, 4) is 22.3 Å². The highest BCUT2D eigenvalue weighted by Gasteiger charge is 2.15. The van der Waals surface area contributed by atoms with Crippen LogP contribution in [0.1, 0.15) is 44.4 Å². The van der Waals surface area contributed by atoms with E-state index in [-0.39, 0.29) is 11.9 Å². The first-order chi connectivity index (χ1) is 14.2. The highest BCUT2D eigenvalue weighted by Crippen LogP contribution is 2.36. The van der Waals surface area contributed by atoms with Crippen LogP contribution < -0.4 is 10.6 Å². The van der Waals surface area contributed by atoms with Crippen LogP contribution >= 0.6 is 0 Å². The van der Waals surface area contributed by atoms with Gasteiger partial charge in [-0.25, -0.2) is 9.37 Å². The van der Waals surface area contributed by atoms with Crippen molar-refractivity contribution < 1.29 is 4.39 Å². The molecule has 0 fully saturated rings. The van der Waals surface area contributed by atoms with E-state index in [1.165, 1.54) is 11.1 Å². The van der Waals surface area contributed by atoms with Crippen molar-refractivity contribution in [3.63, 3.8) is 0 Å². The average Bonchev–Trinajstić information content (AvgIpc) is 2.67. The Balaban J connectivity index is 2.00. The fourth-order valence-corrected chi connectivity index (χ4v) is 3.86. The molecule has 3 aromatic rings. The third-order valence-electron chi connectivity index (χ3n) is 5.31. The van der Waals surface area contributed by atoms with Crippen LogP contribution in [0.2, 0.25) is 0 Å². The molecule has 1 heterocycles. The molecular weight excluding hydrogens is 373 g/mol. The third-order valence-corrected chi connectivity index (χ3v) is 5.31. The number of nitrogens with zero attached hydrogens (tertiary/aromatic N) is 1. The monoisotopic (exact) mass is 405 g/mol. The lowest BCUT2D eigenvalue weighted by Gasteiger charge is -2.19. The number of hydrogen-bond donors (Lipinski definition) is 2. The lowest BCUT2D eigenvalue weighted by molar-refractivity contribution is 0.628. The van der Waals surface area contributed by atoms with E-state index in [2.05, 4.69) is 62.4 Å². The van der Waals surface area contributed by atoms with E-state index in [4.69, 9.17) is 0 Å². The molecule has 1 aromatic heterocycles. The molecule has 2 aromatic carbocycles. The van der Waals surface area contributed by atoms with Gasteiger partial charge in [-0.05, 0) is 106 Å². The Hall–Kier alpha value is -2.88. The molecule has 30 heavy (non-hydrogen) atoms. The van der Waals surface area contributed by atoms with Gasteiger partial charge in [0.1, 0.15) is 11.6 Å². The Morgan fingerprint density at radius 1 is 0.800 bits per heavy atom. The van der Waals surface area contributed by atoms with Crippen LogP contribution in [0, 0.1) is 26.6 Å². The quantitative estimate of drug-likeness (QED) is 0.458. The van der Waals surface area contributed by atoms with Crippen LogP contribution in [0.15, 0.2) is 42.6 Å². The zero-order valence-corrected chi connectivity index (χ0v) is 19.0. The zero-order chi connectivity index (χ0) is 22.0. The van der Waals surface area contributed by atoms with Crippen LogP contribution in [-0.4, -0.2) is 17.1 Å². The van der Waals surface area contributed by atoms with E-state index < -0.39 is 0 Å². The van der Waals surface area contributed by atoms with Crippen molar-refractivity contribution in [1.82, 2.24) is 4.98 Å². The second-order valence-electron chi connectivity index (χ2n) is 8.59. The summed E-state index contributed by atoms with van der Waals surface area (Å²) in [6.07, 6.45) is 1.91. The summed E-state index contributed by atoms with van der Waals surface area (Å²) < 4.78 is 14.7. The van der Waals surface area contributed by atoms with Crippen LogP contribution in [0.5, 0.6) is 0 Å². The molecule has 3 nitrogen and oxygen atoms in total. The molecule has 0 radical (unpaired) electrons. The predicted octanol–water partition coefficient (Wildman–Crippen LogP) is 7.12. The van der Waals surface area contributed by atoms with Crippen LogP contribution in [0.3, 0.4) is 0 Å². The fourth-order valence-electron chi connectivity index (χ4n) is 3.86. The number of nitrogens with one attached hydrogen (secondary N) is 2. The second-order valence-corrected chi connectivity index (χ2v) is 8.59. The molecule has 0 aliphatic carbocycles. The number of hydrogen-bond acceptors (Lipinski definition) is 3. The van der Waals surface area contributed by atoms with E-state index in [0.29, 0.717) is 11.7 Å². The van der Waals surface area contributed by atoms with E-state index in [0.717, 1.165) is 33.6 Å². The van der Waals surface area contributed by atoms with Crippen molar-refractivity contribution in [3.05, 3.63) is 65.1 Å². The molecule has 2 N–H and O–H groups in total. The van der Waals surface area contributed by atoms with Crippen molar-refractivity contribution in [2.24, 2.45) is 0 Å². The molecule has 4 heteroatoms. The Kier molecular flexibility index (Phi) is 6.45. The number of benzene rings is 2. The maximum Gasteiger partial charge on any atom is 0.146 e.